The van der Waals surface area contributed by atoms with E-state index in [1.165, 1.54) is 0 Å². The molecular formula is C14H21NO2. The Hall–Kier alpha value is -0.990. The molecule has 1 aliphatic carbocycles. The Labute approximate surface area is 103 Å². The topological polar surface area (TPSA) is 46.5 Å². The number of Topliss-reactive ketones (excluding diaryl/α,β-unsaturated/α-hetero) is 2. The van der Waals surface area contributed by atoms with Crippen molar-refractivity contribution in [2.45, 2.75) is 46.0 Å². The molecule has 0 saturated heterocycles. The van der Waals surface area contributed by atoms with Gasteiger partial charge in [-0.05, 0) is 31.1 Å². The van der Waals surface area contributed by atoms with Crippen molar-refractivity contribution in [1.82, 2.24) is 0 Å². The molecule has 2 aliphatic rings. The summed E-state index contributed by atoms with van der Waals surface area (Å²) in [6, 6.07) is 0. The molecule has 0 atom stereocenters. The molecule has 1 heterocycles. The van der Waals surface area contributed by atoms with Crippen molar-refractivity contribution in [2.24, 2.45) is 22.7 Å². The third-order valence-corrected chi connectivity index (χ3v) is 4.00. The zero-order valence-electron chi connectivity index (χ0n) is 10.7. The average Bonchev–Trinajstić information content (AvgIpc) is 2.29. The third-order valence-electron chi connectivity index (χ3n) is 4.00. The molecule has 0 unspecified atom stereocenters. The summed E-state index contributed by atoms with van der Waals surface area (Å²) in [5, 5.41) is 0. The Morgan fingerprint density at radius 1 is 1.12 bits per heavy atom. The number of hydrogen-bond acceptors (Lipinski definition) is 3. The van der Waals surface area contributed by atoms with Crippen molar-refractivity contribution in [1.29, 1.82) is 0 Å². The van der Waals surface area contributed by atoms with Crippen molar-refractivity contribution in [3.8, 4) is 0 Å². The van der Waals surface area contributed by atoms with E-state index in [4.69, 9.17) is 0 Å². The molecule has 1 fully saturated rings. The minimum Gasteiger partial charge on any atom is -0.298 e. The molecular weight excluding hydrogens is 214 g/mol. The van der Waals surface area contributed by atoms with Gasteiger partial charge in [0, 0.05) is 25.1 Å². The summed E-state index contributed by atoms with van der Waals surface area (Å²) >= 11 is 0. The summed E-state index contributed by atoms with van der Waals surface area (Å²) in [6.07, 6.45) is 4.13. The van der Waals surface area contributed by atoms with E-state index in [0.717, 1.165) is 31.5 Å². The van der Waals surface area contributed by atoms with Crippen LogP contribution in [-0.2, 0) is 9.59 Å². The molecule has 3 heteroatoms. The number of ketones is 2. The fourth-order valence-corrected chi connectivity index (χ4v) is 2.80. The van der Waals surface area contributed by atoms with Crippen molar-refractivity contribution in [3.63, 3.8) is 0 Å². The summed E-state index contributed by atoms with van der Waals surface area (Å²) in [4.78, 5) is 28.6. The number of carbonyl (C=O) groups is 2. The van der Waals surface area contributed by atoms with Crippen LogP contribution < -0.4 is 0 Å². The van der Waals surface area contributed by atoms with Gasteiger partial charge in [-0.2, -0.15) is 0 Å². The first kappa shape index (κ1) is 12.5. The lowest BCUT2D eigenvalue weighted by molar-refractivity contribution is -0.135. The zero-order valence-corrected chi connectivity index (χ0v) is 10.7. The van der Waals surface area contributed by atoms with E-state index in [9.17, 15) is 9.59 Å². The van der Waals surface area contributed by atoms with Crippen LogP contribution in [0.25, 0.3) is 0 Å². The van der Waals surface area contributed by atoms with Gasteiger partial charge in [-0.15, -0.1) is 0 Å². The highest BCUT2D eigenvalue weighted by Crippen LogP contribution is 2.31. The van der Waals surface area contributed by atoms with Gasteiger partial charge < -0.3 is 0 Å². The largest absolute Gasteiger partial charge is 0.298 e. The predicted octanol–water partition coefficient (Wildman–Crippen LogP) is 2.43. The normalized spacial score (nSPS) is 30.6. The number of nitrogens with zero attached hydrogens (tertiary/aromatic N) is 1. The summed E-state index contributed by atoms with van der Waals surface area (Å²) in [7, 11) is 0. The van der Waals surface area contributed by atoms with Crippen LogP contribution in [0.4, 0.5) is 0 Å². The Bertz CT molecular complexity index is 339. The van der Waals surface area contributed by atoms with Crippen molar-refractivity contribution in [3.05, 3.63) is 0 Å². The van der Waals surface area contributed by atoms with Gasteiger partial charge in [0.25, 0.3) is 0 Å². The molecule has 94 valence electrons. The molecule has 0 N–H and O–H groups in total. The maximum atomic E-state index is 12.1. The van der Waals surface area contributed by atoms with E-state index in [-0.39, 0.29) is 17.5 Å². The Kier molecular flexibility index (Phi) is 3.75. The molecule has 3 nitrogen and oxygen atoms in total. The van der Waals surface area contributed by atoms with E-state index >= 15 is 0 Å². The highest BCUT2D eigenvalue weighted by molar-refractivity contribution is 6.22. The van der Waals surface area contributed by atoms with Crippen LogP contribution in [0.2, 0.25) is 0 Å². The molecule has 0 aromatic carbocycles. The van der Waals surface area contributed by atoms with Gasteiger partial charge >= 0.3 is 0 Å². The van der Waals surface area contributed by atoms with E-state index in [1.54, 1.807) is 0 Å². The van der Waals surface area contributed by atoms with Crippen LogP contribution in [-0.4, -0.2) is 23.8 Å². The first-order valence-electron chi connectivity index (χ1n) is 6.68. The highest BCUT2D eigenvalue weighted by atomic mass is 16.2. The van der Waals surface area contributed by atoms with Crippen LogP contribution in [0.3, 0.4) is 0 Å². The number of aliphatic imine (C=N–C) groups is 1. The highest BCUT2D eigenvalue weighted by Gasteiger charge is 2.39. The second-order valence-electron chi connectivity index (χ2n) is 5.61. The van der Waals surface area contributed by atoms with Gasteiger partial charge in [-0.25, -0.2) is 0 Å². The SMILES string of the molecule is CC(C)C1CC(=O)C(C2=NCCCC2)C(=O)C1. The molecule has 2 rings (SSSR count). The molecule has 17 heavy (non-hydrogen) atoms. The minimum atomic E-state index is -0.481. The smallest absolute Gasteiger partial charge is 0.149 e. The molecule has 0 radical (unpaired) electrons. The van der Waals surface area contributed by atoms with Gasteiger partial charge in [0.2, 0.25) is 0 Å². The molecule has 1 saturated carbocycles. The van der Waals surface area contributed by atoms with Crippen LogP contribution in [0.5, 0.6) is 0 Å². The molecule has 0 bridgehead atoms. The van der Waals surface area contributed by atoms with Crippen LogP contribution in [0.1, 0.15) is 46.0 Å². The summed E-state index contributed by atoms with van der Waals surface area (Å²) < 4.78 is 0. The molecule has 0 aromatic rings. The average molecular weight is 235 g/mol. The second-order valence-corrected chi connectivity index (χ2v) is 5.61. The zero-order chi connectivity index (χ0) is 12.4. The van der Waals surface area contributed by atoms with E-state index in [1.807, 2.05) is 0 Å². The second kappa shape index (κ2) is 5.11. The van der Waals surface area contributed by atoms with Crippen molar-refractivity contribution >= 4 is 17.3 Å². The number of hydrogen-bond donors (Lipinski definition) is 0. The lowest BCUT2D eigenvalue weighted by Gasteiger charge is -2.30. The Morgan fingerprint density at radius 3 is 2.24 bits per heavy atom. The monoisotopic (exact) mass is 235 g/mol. The maximum absolute atomic E-state index is 12.1. The first-order chi connectivity index (χ1) is 8.09. The number of carbonyl (C=O) groups excluding carboxylic acids is 2. The molecule has 1 aliphatic heterocycles. The van der Waals surface area contributed by atoms with E-state index < -0.39 is 5.92 Å². The maximum Gasteiger partial charge on any atom is 0.149 e. The van der Waals surface area contributed by atoms with E-state index in [2.05, 4.69) is 18.8 Å². The Morgan fingerprint density at radius 2 is 1.76 bits per heavy atom. The van der Waals surface area contributed by atoms with Gasteiger partial charge in [0.05, 0.1) is 0 Å². The first-order valence-corrected chi connectivity index (χ1v) is 6.68. The van der Waals surface area contributed by atoms with Crippen LogP contribution in [0, 0.1) is 17.8 Å². The molecule has 0 amide bonds. The molecule has 0 spiro atoms. The quantitative estimate of drug-likeness (QED) is 0.690. The third kappa shape index (κ3) is 2.64. The van der Waals surface area contributed by atoms with Gasteiger partial charge in [0.15, 0.2) is 0 Å². The van der Waals surface area contributed by atoms with Gasteiger partial charge in [-0.3, -0.25) is 14.6 Å². The Balaban J connectivity index is 2.12. The lowest BCUT2D eigenvalue weighted by Crippen LogP contribution is -2.40. The summed E-state index contributed by atoms with van der Waals surface area (Å²) in [5.74, 6) is 0.402. The van der Waals surface area contributed by atoms with Crippen LogP contribution in [0.15, 0.2) is 4.99 Å². The summed E-state index contributed by atoms with van der Waals surface area (Å²) in [6.45, 7) is 4.97. The van der Waals surface area contributed by atoms with Gasteiger partial charge in [-0.1, -0.05) is 13.8 Å². The fourth-order valence-electron chi connectivity index (χ4n) is 2.80. The standard InChI is InChI=1S/C14H21NO2/c1-9(2)10-7-12(16)14(13(17)8-10)11-5-3-4-6-15-11/h9-10,14H,3-8H2,1-2H3. The van der Waals surface area contributed by atoms with Crippen LogP contribution >= 0.6 is 0 Å². The molecule has 0 aromatic heterocycles. The number of rotatable bonds is 2. The van der Waals surface area contributed by atoms with E-state index in [0.29, 0.717) is 18.8 Å². The van der Waals surface area contributed by atoms with Crippen molar-refractivity contribution < 1.29 is 9.59 Å². The van der Waals surface area contributed by atoms with Gasteiger partial charge in [0.1, 0.15) is 17.5 Å². The lowest BCUT2D eigenvalue weighted by atomic mass is 9.73. The van der Waals surface area contributed by atoms with Crippen molar-refractivity contribution in [2.75, 3.05) is 6.54 Å². The summed E-state index contributed by atoms with van der Waals surface area (Å²) in [5.41, 5.74) is 0.869. The minimum absolute atomic E-state index is 0.112. The fraction of sp³-hybridized carbons (Fsp3) is 0.786. The predicted molar refractivity (Wildman–Crippen MR) is 67.2 cm³/mol.